The van der Waals surface area contributed by atoms with Crippen LogP contribution in [0.4, 0.5) is 0 Å². The van der Waals surface area contributed by atoms with E-state index in [4.69, 9.17) is 10.5 Å². The van der Waals surface area contributed by atoms with E-state index in [1.165, 1.54) is 0 Å². The molecular weight excluding hydrogens is 216 g/mol. The highest BCUT2D eigenvalue weighted by atomic mass is 16.5. The molecule has 0 aliphatic heterocycles. The molecule has 0 unspecified atom stereocenters. The van der Waals surface area contributed by atoms with E-state index < -0.39 is 5.91 Å². The molecule has 2 rings (SSSR count). The lowest BCUT2D eigenvalue weighted by atomic mass is 10.1. The molecule has 0 aliphatic carbocycles. The van der Waals surface area contributed by atoms with Crippen molar-refractivity contribution in [3.8, 4) is 17.0 Å². The van der Waals surface area contributed by atoms with Gasteiger partial charge in [-0.25, -0.2) is 0 Å². The Morgan fingerprint density at radius 2 is 1.94 bits per heavy atom. The maximum atomic E-state index is 10.9. The van der Waals surface area contributed by atoms with Gasteiger partial charge in [-0.2, -0.15) is 0 Å². The number of amides is 1. The SMILES string of the molecule is COc1ccnc(-c2ccc(C(N)=O)cc2)c1. The molecule has 1 amide bonds. The molecular formula is C13H12N2O2. The zero-order valence-electron chi connectivity index (χ0n) is 9.38. The molecule has 1 heterocycles. The molecule has 0 saturated carbocycles. The zero-order chi connectivity index (χ0) is 12.3. The molecule has 1 aromatic carbocycles. The van der Waals surface area contributed by atoms with Crippen molar-refractivity contribution in [1.29, 1.82) is 0 Å². The van der Waals surface area contributed by atoms with Crippen molar-refractivity contribution >= 4 is 5.91 Å². The van der Waals surface area contributed by atoms with Gasteiger partial charge in [0.15, 0.2) is 0 Å². The average Bonchev–Trinajstić information content (AvgIpc) is 2.39. The Balaban J connectivity index is 2.36. The molecule has 4 nitrogen and oxygen atoms in total. The van der Waals surface area contributed by atoms with Gasteiger partial charge in [0.05, 0.1) is 12.8 Å². The van der Waals surface area contributed by atoms with E-state index in [1.807, 2.05) is 18.2 Å². The number of rotatable bonds is 3. The second-order valence-corrected chi connectivity index (χ2v) is 3.52. The van der Waals surface area contributed by atoms with E-state index in [2.05, 4.69) is 4.98 Å². The number of nitrogens with two attached hydrogens (primary N) is 1. The van der Waals surface area contributed by atoms with E-state index in [-0.39, 0.29) is 0 Å². The number of benzene rings is 1. The number of ether oxygens (including phenoxy) is 1. The lowest BCUT2D eigenvalue weighted by Crippen LogP contribution is -2.10. The number of pyridine rings is 1. The smallest absolute Gasteiger partial charge is 0.248 e. The Kier molecular flexibility index (Phi) is 3.05. The lowest BCUT2D eigenvalue weighted by Gasteiger charge is -2.04. The van der Waals surface area contributed by atoms with Gasteiger partial charge in [-0.15, -0.1) is 0 Å². The van der Waals surface area contributed by atoms with Gasteiger partial charge in [-0.1, -0.05) is 12.1 Å². The van der Waals surface area contributed by atoms with E-state index in [1.54, 1.807) is 31.5 Å². The summed E-state index contributed by atoms with van der Waals surface area (Å²) in [7, 11) is 1.61. The number of carbonyl (C=O) groups is 1. The summed E-state index contributed by atoms with van der Waals surface area (Å²) < 4.78 is 5.12. The normalized spacial score (nSPS) is 9.94. The van der Waals surface area contributed by atoms with Crippen LogP contribution in [0.5, 0.6) is 5.75 Å². The highest BCUT2D eigenvalue weighted by molar-refractivity contribution is 5.93. The van der Waals surface area contributed by atoms with E-state index in [0.29, 0.717) is 5.56 Å². The molecule has 0 spiro atoms. The maximum absolute atomic E-state index is 10.9. The minimum Gasteiger partial charge on any atom is -0.497 e. The summed E-state index contributed by atoms with van der Waals surface area (Å²) in [5, 5.41) is 0. The highest BCUT2D eigenvalue weighted by Crippen LogP contribution is 2.21. The zero-order valence-corrected chi connectivity index (χ0v) is 9.38. The van der Waals surface area contributed by atoms with Gasteiger partial charge in [0.1, 0.15) is 5.75 Å². The number of hydrogen-bond donors (Lipinski definition) is 1. The van der Waals surface area contributed by atoms with Crippen molar-refractivity contribution in [3.05, 3.63) is 48.2 Å². The molecule has 0 atom stereocenters. The van der Waals surface area contributed by atoms with Gasteiger partial charge in [0.25, 0.3) is 0 Å². The fraction of sp³-hybridized carbons (Fsp3) is 0.0769. The number of hydrogen-bond acceptors (Lipinski definition) is 3. The first-order chi connectivity index (χ1) is 8.20. The molecule has 0 bridgehead atoms. The Bertz CT molecular complexity index is 535. The molecule has 86 valence electrons. The molecule has 0 aliphatic rings. The second-order valence-electron chi connectivity index (χ2n) is 3.52. The van der Waals surface area contributed by atoms with Gasteiger partial charge in [-0.3, -0.25) is 9.78 Å². The van der Waals surface area contributed by atoms with Crippen molar-refractivity contribution in [2.75, 3.05) is 7.11 Å². The van der Waals surface area contributed by atoms with Crippen molar-refractivity contribution in [1.82, 2.24) is 4.98 Å². The largest absolute Gasteiger partial charge is 0.497 e. The number of primary amides is 1. The summed E-state index contributed by atoms with van der Waals surface area (Å²) in [5.41, 5.74) is 7.36. The molecule has 2 aromatic rings. The van der Waals surface area contributed by atoms with E-state index >= 15 is 0 Å². The number of nitrogens with zero attached hydrogens (tertiary/aromatic N) is 1. The van der Waals surface area contributed by atoms with Crippen LogP contribution in [0.15, 0.2) is 42.6 Å². The van der Waals surface area contributed by atoms with Crippen molar-refractivity contribution in [2.24, 2.45) is 5.73 Å². The summed E-state index contributed by atoms with van der Waals surface area (Å²) >= 11 is 0. The standard InChI is InChI=1S/C13H12N2O2/c1-17-11-6-7-15-12(8-11)9-2-4-10(5-3-9)13(14)16/h2-8H,1H3,(H2,14,16). The summed E-state index contributed by atoms with van der Waals surface area (Å²) in [6.45, 7) is 0. The fourth-order valence-electron chi connectivity index (χ4n) is 1.50. The number of methoxy groups -OCH3 is 1. The average molecular weight is 228 g/mol. The van der Waals surface area contributed by atoms with Gasteiger partial charge in [0, 0.05) is 23.4 Å². The monoisotopic (exact) mass is 228 g/mol. The molecule has 17 heavy (non-hydrogen) atoms. The predicted molar refractivity (Wildman–Crippen MR) is 64.7 cm³/mol. The third kappa shape index (κ3) is 2.42. The molecule has 0 fully saturated rings. The van der Waals surface area contributed by atoms with Crippen LogP contribution in [0.25, 0.3) is 11.3 Å². The van der Waals surface area contributed by atoms with Gasteiger partial charge in [-0.05, 0) is 18.2 Å². The molecule has 2 N–H and O–H groups in total. The van der Waals surface area contributed by atoms with E-state index in [0.717, 1.165) is 17.0 Å². The summed E-state index contributed by atoms with van der Waals surface area (Å²) in [6.07, 6.45) is 1.68. The van der Waals surface area contributed by atoms with Crippen LogP contribution in [0.2, 0.25) is 0 Å². The van der Waals surface area contributed by atoms with Gasteiger partial charge < -0.3 is 10.5 Å². The molecule has 1 aromatic heterocycles. The first-order valence-corrected chi connectivity index (χ1v) is 5.11. The Labute approximate surface area is 99.1 Å². The number of aromatic nitrogens is 1. The Hall–Kier alpha value is -2.36. The summed E-state index contributed by atoms with van der Waals surface area (Å²) in [4.78, 5) is 15.2. The van der Waals surface area contributed by atoms with Crippen molar-refractivity contribution in [3.63, 3.8) is 0 Å². The van der Waals surface area contributed by atoms with Crippen LogP contribution in [-0.4, -0.2) is 18.0 Å². The first kappa shape index (κ1) is 11.1. The quantitative estimate of drug-likeness (QED) is 0.871. The lowest BCUT2D eigenvalue weighted by molar-refractivity contribution is 0.100. The molecule has 0 radical (unpaired) electrons. The third-order valence-corrected chi connectivity index (χ3v) is 2.43. The third-order valence-electron chi connectivity index (χ3n) is 2.43. The Morgan fingerprint density at radius 1 is 1.24 bits per heavy atom. The van der Waals surface area contributed by atoms with Crippen LogP contribution in [0, 0.1) is 0 Å². The topological polar surface area (TPSA) is 65.2 Å². The van der Waals surface area contributed by atoms with Crippen molar-refractivity contribution < 1.29 is 9.53 Å². The minimum absolute atomic E-state index is 0.435. The second kappa shape index (κ2) is 4.65. The molecule has 4 heteroatoms. The van der Waals surface area contributed by atoms with Gasteiger partial charge >= 0.3 is 0 Å². The fourth-order valence-corrected chi connectivity index (χ4v) is 1.50. The van der Waals surface area contributed by atoms with Gasteiger partial charge in [0.2, 0.25) is 5.91 Å². The van der Waals surface area contributed by atoms with Crippen LogP contribution in [-0.2, 0) is 0 Å². The van der Waals surface area contributed by atoms with Crippen LogP contribution >= 0.6 is 0 Å². The summed E-state index contributed by atoms with van der Waals surface area (Å²) in [5.74, 6) is 0.309. The maximum Gasteiger partial charge on any atom is 0.248 e. The predicted octanol–water partition coefficient (Wildman–Crippen LogP) is 1.86. The number of carbonyl (C=O) groups excluding carboxylic acids is 1. The molecule has 0 saturated heterocycles. The van der Waals surface area contributed by atoms with Crippen molar-refractivity contribution in [2.45, 2.75) is 0 Å². The van der Waals surface area contributed by atoms with Crippen LogP contribution in [0.3, 0.4) is 0 Å². The highest BCUT2D eigenvalue weighted by Gasteiger charge is 2.03. The van der Waals surface area contributed by atoms with Crippen LogP contribution < -0.4 is 10.5 Å². The first-order valence-electron chi connectivity index (χ1n) is 5.11. The van der Waals surface area contributed by atoms with Crippen LogP contribution in [0.1, 0.15) is 10.4 Å². The minimum atomic E-state index is -0.435. The van der Waals surface area contributed by atoms with E-state index in [9.17, 15) is 4.79 Å². The summed E-state index contributed by atoms with van der Waals surface area (Å²) in [6, 6.07) is 10.6. The Morgan fingerprint density at radius 3 is 2.53 bits per heavy atom.